The number of carbonyl (C=O) groups is 1. The van der Waals surface area contributed by atoms with E-state index in [0.29, 0.717) is 11.2 Å². The summed E-state index contributed by atoms with van der Waals surface area (Å²) in [5.74, 6) is 0.487. The summed E-state index contributed by atoms with van der Waals surface area (Å²) in [6.07, 6.45) is 1.72. The van der Waals surface area contributed by atoms with Crippen LogP contribution in [0.25, 0.3) is 16.7 Å². The second-order valence-electron chi connectivity index (χ2n) is 4.24. The van der Waals surface area contributed by atoms with Gasteiger partial charge in [-0.05, 0) is 35.9 Å². The average molecular weight is 303 g/mol. The second kappa shape index (κ2) is 4.95. The molecule has 8 heteroatoms. The summed E-state index contributed by atoms with van der Waals surface area (Å²) < 4.78 is 1.72. The lowest BCUT2D eigenvalue weighted by Crippen LogP contribution is -2.02. The molecule has 0 bridgehead atoms. The van der Waals surface area contributed by atoms with Gasteiger partial charge in [-0.2, -0.15) is 0 Å². The zero-order chi connectivity index (χ0) is 15.0. The Labute approximate surface area is 122 Å². The Morgan fingerprint density at radius 3 is 2.62 bits per heavy atom. The third-order valence-corrected chi connectivity index (χ3v) is 3.18. The van der Waals surface area contributed by atoms with Crippen LogP contribution in [0.15, 0.2) is 42.6 Å². The molecular formula is C13H7ClN4O3. The molecule has 0 aliphatic carbocycles. The van der Waals surface area contributed by atoms with Crippen LogP contribution in [0.3, 0.4) is 0 Å². The number of halogens is 1. The van der Waals surface area contributed by atoms with Crippen molar-refractivity contribution in [2.75, 3.05) is 0 Å². The van der Waals surface area contributed by atoms with E-state index in [9.17, 15) is 14.9 Å². The van der Waals surface area contributed by atoms with Crippen LogP contribution in [0, 0.1) is 10.1 Å². The molecule has 0 atom stereocenters. The molecule has 0 spiro atoms. The number of aromatic nitrogens is 3. The highest BCUT2D eigenvalue weighted by atomic mass is 35.5. The van der Waals surface area contributed by atoms with E-state index in [1.165, 1.54) is 18.2 Å². The molecule has 3 rings (SSSR count). The van der Waals surface area contributed by atoms with Crippen molar-refractivity contribution >= 4 is 33.4 Å². The van der Waals surface area contributed by atoms with E-state index in [2.05, 4.69) is 10.2 Å². The van der Waals surface area contributed by atoms with E-state index in [0.717, 1.165) is 5.52 Å². The van der Waals surface area contributed by atoms with Gasteiger partial charge in [0.2, 0.25) is 0 Å². The van der Waals surface area contributed by atoms with Gasteiger partial charge in [-0.1, -0.05) is 0 Å². The quantitative estimate of drug-likeness (QED) is 0.421. The molecule has 0 aliphatic heterocycles. The Kier molecular flexibility index (Phi) is 3.11. The number of hydrogen-bond donors (Lipinski definition) is 0. The maximum atomic E-state index is 10.9. The maximum Gasteiger partial charge on any atom is 0.272 e. The molecule has 1 aromatic carbocycles. The Morgan fingerprint density at radius 1 is 1.19 bits per heavy atom. The summed E-state index contributed by atoms with van der Waals surface area (Å²) in [6, 6.07) is 9.34. The summed E-state index contributed by atoms with van der Waals surface area (Å²) in [6.45, 7) is 0. The van der Waals surface area contributed by atoms with Crippen molar-refractivity contribution in [2.24, 2.45) is 0 Å². The predicted molar refractivity (Wildman–Crippen MR) is 75.7 cm³/mol. The van der Waals surface area contributed by atoms with E-state index in [1.54, 1.807) is 29.0 Å². The number of hydrogen-bond acceptors (Lipinski definition) is 5. The molecule has 21 heavy (non-hydrogen) atoms. The van der Waals surface area contributed by atoms with Crippen molar-refractivity contribution in [3.8, 4) is 5.82 Å². The van der Waals surface area contributed by atoms with E-state index < -0.39 is 10.2 Å². The SMILES string of the molecule is O=C(Cl)c1ccc(-n2ccc3cc([N+](=O)[O-])ccc32)nn1. The Bertz CT molecular complexity index is 857. The number of nitrogens with zero attached hydrogens (tertiary/aromatic N) is 4. The fourth-order valence-corrected chi connectivity index (χ4v) is 2.10. The molecular weight excluding hydrogens is 296 g/mol. The maximum absolute atomic E-state index is 10.9. The van der Waals surface area contributed by atoms with Crippen LogP contribution in [0.5, 0.6) is 0 Å². The Hall–Kier alpha value is -2.80. The fraction of sp³-hybridized carbons (Fsp3) is 0. The number of nitro groups is 1. The van der Waals surface area contributed by atoms with Gasteiger partial charge in [0.15, 0.2) is 5.82 Å². The number of benzene rings is 1. The lowest BCUT2D eigenvalue weighted by atomic mass is 10.2. The first-order valence-electron chi connectivity index (χ1n) is 5.86. The van der Waals surface area contributed by atoms with Gasteiger partial charge in [-0.15, -0.1) is 10.2 Å². The standard InChI is InChI=1S/C13H7ClN4O3/c14-13(19)10-2-4-12(16-15-10)17-6-5-8-7-9(18(20)21)1-3-11(8)17/h1-7H. The van der Waals surface area contributed by atoms with E-state index in [-0.39, 0.29) is 11.4 Å². The lowest BCUT2D eigenvalue weighted by molar-refractivity contribution is -0.384. The van der Waals surface area contributed by atoms with Gasteiger partial charge in [0.05, 0.1) is 10.4 Å². The molecule has 0 saturated heterocycles. The smallest absolute Gasteiger partial charge is 0.272 e. The van der Waals surface area contributed by atoms with E-state index >= 15 is 0 Å². The highest BCUT2D eigenvalue weighted by molar-refractivity contribution is 6.67. The fourth-order valence-electron chi connectivity index (χ4n) is 2.00. The normalized spacial score (nSPS) is 10.7. The van der Waals surface area contributed by atoms with E-state index in [4.69, 9.17) is 11.6 Å². The number of non-ortho nitro benzene ring substituents is 1. The zero-order valence-electron chi connectivity index (χ0n) is 10.4. The first-order chi connectivity index (χ1) is 10.1. The third-order valence-electron chi connectivity index (χ3n) is 2.98. The first-order valence-corrected chi connectivity index (χ1v) is 6.23. The minimum atomic E-state index is -0.679. The molecule has 0 fully saturated rings. The van der Waals surface area contributed by atoms with Crippen molar-refractivity contribution < 1.29 is 9.72 Å². The van der Waals surface area contributed by atoms with E-state index in [1.807, 2.05) is 0 Å². The third kappa shape index (κ3) is 2.34. The first kappa shape index (κ1) is 13.2. The van der Waals surface area contributed by atoms with Crippen LogP contribution in [-0.4, -0.2) is 24.9 Å². The number of rotatable bonds is 3. The molecule has 0 amide bonds. The van der Waals surface area contributed by atoms with Crippen molar-refractivity contribution in [3.05, 3.63) is 58.4 Å². The van der Waals surface area contributed by atoms with Gasteiger partial charge in [-0.3, -0.25) is 19.5 Å². The molecule has 0 aliphatic rings. The van der Waals surface area contributed by atoms with Crippen LogP contribution >= 0.6 is 11.6 Å². The summed E-state index contributed by atoms with van der Waals surface area (Å²) in [4.78, 5) is 21.3. The van der Waals surface area contributed by atoms with Crippen LogP contribution in [0.1, 0.15) is 10.5 Å². The molecule has 0 N–H and O–H groups in total. The van der Waals surface area contributed by atoms with Crippen molar-refractivity contribution in [1.29, 1.82) is 0 Å². The molecule has 2 heterocycles. The lowest BCUT2D eigenvalue weighted by Gasteiger charge is -2.03. The summed E-state index contributed by atoms with van der Waals surface area (Å²) in [7, 11) is 0. The minimum Gasteiger partial charge on any atom is -0.300 e. The zero-order valence-corrected chi connectivity index (χ0v) is 11.2. The highest BCUT2D eigenvalue weighted by Crippen LogP contribution is 2.23. The Morgan fingerprint density at radius 2 is 2.00 bits per heavy atom. The van der Waals surface area contributed by atoms with Gasteiger partial charge in [0.25, 0.3) is 10.9 Å². The minimum absolute atomic E-state index is 0.0226. The topological polar surface area (TPSA) is 90.9 Å². The van der Waals surface area contributed by atoms with Crippen molar-refractivity contribution in [1.82, 2.24) is 14.8 Å². The van der Waals surface area contributed by atoms with Crippen LogP contribution in [0.2, 0.25) is 0 Å². The number of carbonyl (C=O) groups excluding carboxylic acids is 1. The second-order valence-corrected chi connectivity index (χ2v) is 4.58. The van der Waals surface area contributed by atoms with Gasteiger partial charge in [0, 0.05) is 23.7 Å². The number of nitro benzene ring substituents is 1. The largest absolute Gasteiger partial charge is 0.300 e. The van der Waals surface area contributed by atoms with Crippen LogP contribution in [-0.2, 0) is 0 Å². The van der Waals surface area contributed by atoms with Gasteiger partial charge in [0.1, 0.15) is 5.69 Å². The molecule has 2 aromatic heterocycles. The van der Waals surface area contributed by atoms with Crippen molar-refractivity contribution in [3.63, 3.8) is 0 Å². The molecule has 104 valence electrons. The predicted octanol–water partition coefficient (Wildman–Crippen LogP) is 2.71. The molecule has 0 unspecified atom stereocenters. The summed E-state index contributed by atoms with van der Waals surface area (Å²) in [5, 5.41) is 18.4. The molecule has 0 radical (unpaired) electrons. The van der Waals surface area contributed by atoms with Gasteiger partial charge < -0.3 is 0 Å². The average Bonchev–Trinajstić information content (AvgIpc) is 2.90. The van der Waals surface area contributed by atoms with Gasteiger partial charge >= 0.3 is 0 Å². The van der Waals surface area contributed by atoms with Crippen LogP contribution in [0.4, 0.5) is 5.69 Å². The van der Waals surface area contributed by atoms with Crippen LogP contribution < -0.4 is 0 Å². The molecule has 3 aromatic rings. The summed E-state index contributed by atoms with van der Waals surface area (Å²) >= 11 is 5.31. The highest BCUT2D eigenvalue weighted by Gasteiger charge is 2.11. The number of fused-ring (bicyclic) bond motifs is 1. The summed E-state index contributed by atoms with van der Waals surface area (Å²) in [5.41, 5.74) is 0.835. The molecule has 7 nitrogen and oxygen atoms in total. The van der Waals surface area contributed by atoms with Crippen molar-refractivity contribution in [2.45, 2.75) is 0 Å². The Balaban J connectivity index is 2.08. The van der Waals surface area contributed by atoms with Gasteiger partial charge in [-0.25, -0.2) is 0 Å². The molecule has 0 saturated carbocycles. The monoisotopic (exact) mass is 302 g/mol.